The van der Waals surface area contributed by atoms with Crippen molar-refractivity contribution in [3.63, 3.8) is 0 Å². The molecule has 0 aliphatic carbocycles. The van der Waals surface area contributed by atoms with Gasteiger partial charge in [-0.2, -0.15) is 5.26 Å². The van der Waals surface area contributed by atoms with Crippen LogP contribution in [0.3, 0.4) is 0 Å². The van der Waals surface area contributed by atoms with E-state index in [1.165, 1.54) is 25.3 Å². The molecule has 0 fully saturated rings. The third-order valence-electron chi connectivity index (χ3n) is 2.69. The lowest BCUT2D eigenvalue weighted by atomic mass is 10.1. The molecule has 1 rings (SSSR count). The Morgan fingerprint density at radius 2 is 2.25 bits per heavy atom. The Morgan fingerprint density at radius 3 is 2.75 bits per heavy atom. The highest BCUT2D eigenvalue weighted by molar-refractivity contribution is 5.50. The molecule has 0 bridgehead atoms. The molecule has 108 valence electrons. The predicted molar refractivity (Wildman–Crippen MR) is 72.8 cm³/mol. The molecule has 0 aromatic heterocycles. The summed E-state index contributed by atoms with van der Waals surface area (Å²) in [5.74, 6) is 0.529. The number of rotatable bonds is 7. The van der Waals surface area contributed by atoms with Crippen molar-refractivity contribution in [2.75, 3.05) is 20.3 Å². The maximum absolute atomic E-state index is 10.9. The van der Waals surface area contributed by atoms with Crippen LogP contribution in [0.2, 0.25) is 0 Å². The SMILES string of the molecule is CCNC(C)(C#N)COc1cc(OC)ccc1[N+](=O)[O-]. The standard InChI is InChI=1S/C13H17N3O4/c1-4-15-13(2,8-14)9-20-12-7-10(19-3)5-6-11(12)16(17)18/h5-7,15H,4,9H2,1-3H3. The molecule has 1 aromatic rings. The van der Waals surface area contributed by atoms with Crippen molar-refractivity contribution in [3.8, 4) is 17.6 Å². The lowest BCUT2D eigenvalue weighted by molar-refractivity contribution is -0.385. The third kappa shape index (κ3) is 3.83. The van der Waals surface area contributed by atoms with Crippen molar-refractivity contribution in [1.29, 1.82) is 5.26 Å². The summed E-state index contributed by atoms with van der Waals surface area (Å²) in [6.07, 6.45) is 0. The number of nitrogens with one attached hydrogen (secondary N) is 1. The number of ether oxygens (including phenoxy) is 2. The van der Waals surface area contributed by atoms with Crippen molar-refractivity contribution in [2.24, 2.45) is 0 Å². The van der Waals surface area contributed by atoms with E-state index < -0.39 is 10.5 Å². The Kier molecular flexibility index (Phi) is 5.29. The molecular formula is C13H17N3O4. The van der Waals surface area contributed by atoms with Crippen molar-refractivity contribution in [2.45, 2.75) is 19.4 Å². The van der Waals surface area contributed by atoms with Gasteiger partial charge in [-0.15, -0.1) is 0 Å². The van der Waals surface area contributed by atoms with Crippen LogP contribution in [0.25, 0.3) is 0 Å². The van der Waals surface area contributed by atoms with Crippen LogP contribution >= 0.6 is 0 Å². The first kappa shape index (κ1) is 15.7. The zero-order valence-corrected chi connectivity index (χ0v) is 11.7. The molecule has 0 heterocycles. The fourth-order valence-electron chi connectivity index (χ4n) is 1.62. The van der Waals surface area contributed by atoms with E-state index in [9.17, 15) is 10.1 Å². The van der Waals surface area contributed by atoms with Gasteiger partial charge in [-0.25, -0.2) is 0 Å². The maximum Gasteiger partial charge on any atom is 0.311 e. The molecule has 1 atom stereocenters. The summed E-state index contributed by atoms with van der Waals surface area (Å²) in [7, 11) is 1.46. The number of likely N-dealkylation sites (N-methyl/N-ethyl adjacent to an activating group) is 1. The van der Waals surface area contributed by atoms with Gasteiger partial charge in [0.2, 0.25) is 5.75 Å². The van der Waals surface area contributed by atoms with E-state index in [1.54, 1.807) is 6.92 Å². The van der Waals surface area contributed by atoms with Crippen LogP contribution in [-0.4, -0.2) is 30.7 Å². The van der Waals surface area contributed by atoms with Crippen molar-refractivity contribution >= 4 is 5.69 Å². The molecule has 0 aliphatic rings. The van der Waals surface area contributed by atoms with Crippen LogP contribution in [0.5, 0.6) is 11.5 Å². The van der Waals surface area contributed by atoms with Crippen LogP contribution in [0.1, 0.15) is 13.8 Å². The number of benzene rings is 1. The second-order valence-corrected chi connectivity index (χ2v) is 4.35. The molecule has 0 saturated heterocycles. The van der Waals surface area contributed by atoms with Gasteiger partial charge in [0.15, 0.2) is 0 Å². The Balaban J connectivity index is 2.96. The van der Waals surface area contributed by atoms with E-state index in [0.717, 1.165) is 0 Å². The highest BCUT2D eigenvalue weighted by Crippen LogP contribution is 2.31. The third-order valence-corrected chi connectivity index (χ3v) is 2.69. The zero-order chi connectivity index (χ0) is 15.2. The average Bonchev–Trinajstić information content (AvgIpc) is 2.45. The molecule has 0 radical (unpaired) electrons. The number of hydrogen-bond donors (Lipinski definition) is 1. The van der Waals surface area contributed by atoms with Gasteiger partial charge in [0.05, 0.1) is 18.1 Å². The molecule has 1 aromatic carbocycles. The Bertz CT molecular complexity index is 527. The van der Waals surface area contributed by atoms with Crippen LogP contribution in [0, 0.1) is 21.4 Å². The quantitative estimate of drug-likeness (QED) is 0.604. The molecule has 0 saturated carbocycles. The van der Waals surface area contributed by atoms with E-state index in [0.29, 0.717) is 12.3 Å². The second-order valence-electron chi connectivity index (χ2n) is 4.35. The number of nitro benzene ring substituents is 1. The molecule has 20 heavy (non-hydrogen) atoms. The molecular weight excluding hydrogens is 262 g/mol. The van der Waals surface area contributed by atoms with E-state index in [1.807, 2.05) is 6.92 Å². The minimum Gasteiger partial charge on any atom is -0.497 e. The largest absolute Gasteiger partial charge is 0.497 e. The van der Waals surface area contributed by atoms with E-state index in [2.05, 4.69) is 11.4 Å². The number of nitro groups is 1. The lowest BCUT2D eigenvalue weighted by Crippen LogP contribution is -2.46. The summed E-state index contributed by atoms with van der Waals surface area (Å²) in [4.78, 5) is 10.4. The first-order valence-corrected chi connectivity index (χ1v) is 6.07. The average molecular weight is 279 g/mol. The summed E-state index contributed by atoms with van der Waals surface area (Å²) in [6, 6.07) is 6.32. The van der Waals surface area contributed by atoms with Crippen LogP contribution in [0.15, 0.2) is 18.2 Å². The Morgan fingerprint density at radius 1 is 1.55 bits per heavy atom. The van der Waals surface area contributed by atoms with Gasteiger partial charge in [-0.1, -0.05) is 6.92 Å². The fraction of sp³-hybridized carbons (Fsp3) is 0.462. The smallest absolute Gasteiger partial charge is 0.311 e. The second kappa shape index (κ2) is 6.73. The van der Waals surface area contributed by atoms with Crippen molar-refractivity contribution < 1.29 is 14.4 Å². The van der Waals surface area contributed by atoms with Gasteiger partial charge in [0.25, 0.3) is 0 Å². The molecule has 7 nitrogen and oxygen atoms in total. The van der Waals surface area contributed by atoms with Gasteiger partial charge in [0, 0.05) is 12.1 Å². The Labute approximate surface area is 117 Å². The summed E-state index contributed by atoms with van der Waals surface area (Å²) in [6.45, 7) is 4.12. The summed E-state index contributed by atoms with van der Waals surface area (Å²) >= 11 is 0. The molecule has 7 heteroatoms. The van der Waals surface area contributed by atoms with Gasteiger partial charge in [-0.3, -0.25) is 15.4 Å². The van der Waals surface area contributed by atoms with E-state index in [-0.39, 0.29) is 18.0 Å². The summed E-state index contributed by atoms with van der Waals surface area (Å²) in [5, 5.41) is 23.0. The molecule has 1 N–H and O–H groups in total. The summed E-state index contributed by atoms with van der Waals surface area (Å²) < 4.78 is 10.5. The molecule has 0 amide bonds. The highest BCUT2D eigenvalue weighted by Gasteiger charge is 2.25. The maximum atomic E-state index is 10.9. The molecule has 1 unspecified atom stereocenters. The molecule has 0 spiro atoms. The number of nitrogens with zero attached hydrogens (tertiary/aromatic N) is 2. The fourth-order valence-corrected chi connectivity index (χ4v) is 1.62. The number of nitriles is 1. The molecule has 0 aliphatic heterocycles. The van der Waals surface area contributed by atoms with Crippen LogP contribution in [0.4, 0.5) is 5.69 Å². The van der Waals surface area contributed by atoms with Crippen LogP contribution in [-0.2, 0) is 0 Å². The summed E-state index contributed by atoms with van der Waals surface area (Å²) in [5.41, 5.74) is -1.08. The predicted octanol–water partition coefficient (Wildman–Crippen LogP) is 1.87. The first-order chi connectivity index (χ1) is 9.45. The van der Waals surface area contributed by atoms with Crippen LogP contribution < -0.4 is 14.8 Å². The van der Waals surface area contributed by atoms with Gasteiger partial charge in [0.1, 0.15) is 17.9 Å². The topological polar surface area (TPSA) is 97.4 Å². The minimum atomic E-state index is -0.911. The zero-order valence-electron chi connectivity index (χ0n) is 11.7. The van der Waals surface area contributed by atoms with E-state index in [4.69, 9.17) is 14.7 Å². The van der Waals surface area contributed by atoms with E-state index >= 15 is 0 Å². The van der Waals surface area contributed by atoms with Crippen molar-refractivity contribution in [1.82, 2.24) is 5.32 Å². The number of hydrogen-bond acceptors (Lipinski definition) is 6. The Hall–Kier alpha value is -2.33. The van der Waals surface area contributed by atoms with Gasteiger partial charge in [-0.05, 0) is 19.5 Å². The monoisotopic (exact) mass is 279 g/mol. The first-order valence-electron chi connectivity index (χ1n) is 6.07. The minimum absolute atomic E-state index is 0.00858. The van der Waals surface area contributed by atoms with Gasteiger partial charge < -0.3 is 9.47 Å². The highest BCUT2D eigenvalue weighted by atomic mass is 16.6. The number of methoxy groups -OCH3 is 1. The van der Waals surface area contributed by atoms with Gasteiger partial charge >= 0.3 is 5.69 Å². The van der Waals surface area contributed by atoms with Crippen molar-refractivity contribution in [3.05, 3.63) is 28.3 Å². The lowest BCUT2D eigenvalue weighted by Gasteiger charge is -2.22. The normalized spacial score (nSPS) is 13.1.